The molecule has 5 nitrogen and oxygen atoms in total. The maximum atomic E-state index is 11.0. The first kappa shape index (κ1) is 9.67. The van der Waals surface area contributed by atoms with Crippen molar-refractivity contribution in [2.45, 2.75) is 0 Å². The molecule has 0 aliphatic rings. The molecular formula is C9H7ClN4O. The van der Waals surface area contributed by atoms with Gasteiger partial charge in [0.05, 0.1) is 10.6 Å². The smallest absolute Gasteiger partial charge is 0.250 e. The fraction of sp³-hybridized carbons (Fsp3) is 0. The van der Waals surface area contributed by atoms with Crippen molar-refractivity contribution >= 4 is 17.5 Å². The fourth-order valence-corrected chi connectivity index (χ4v) is 1.41. The Morgan fingerprint density at radius 1 is 1.33 bits per heavy atom. The van der Waals surface area contributed by atoms with Crippen LogP contribution in [0.25, 0.3) is 5.69 Å². The molecule has 6 heteroatoms. The van der Waals surface area contributed by atoms with Crippen LogP contribution in [0.1, 0.15) is 10.4 Å². The molecule has 0 aliphatic heterocycles. The minimum absolute atomic E-state index is 0.280. The molecule has 1 heterocycles. The lowest BCUT2D eigenvalue weighted by molar-refractivity contribution is 0.100. The number of hydrogen-bond acceptors (Lipinski definition) is 3. The molecule has 0 radical (unpaired) electrons. The predicted molar refractivity (Wildman–Crippen MR) is 54.9 cm³/mol. The number of benzene rings is 1. The van der Waals surface area contributed by atoms with Crippen molar-refractivity contribution in [3.63, 3.8) is 0 Å². The van der Waals surface area contributed by atoms with Crippen molar-refractivity contribution in [2.24, 2.45) is 5.73 Å². The van der Waals surface area contributed by atoms with Gasteiger partial charge in [0, 0.05) is 5.69 Å². The Kier molecular flexibility index (Phi) is 2.39. The Labute approximate surface area is 90.5 Å². The maximum Gasteiger partial charge on any atom is 0.250 e. The summed E-state index contributed by atoms with van der Waals surface area (Å²) in [6, 6.07) is 4.95. The van der Waals surface area contributed by atoms with Crippen LogP contribution in [0.4, 0.5) is 0 Å². The summed E-state index contributed by atoms with van der Waals surface area (Å²) in [6.45, 7) is 0. The van der Waals surface area contributed by atoms with E-state index in [1.807, 2.05) is 0 Å². The van der Waals surface area contributed by atoms with Gasteiger partial charge in [0.15, 0.2) is 0 Å². The molecule has 0 saturated carbocycles. The Bertz CT molecular complexity index is 495. The molecule has 1 amide bonds. The highest BCUT2D eigenvalue weighted by Gasteiger charge is 2.08. The topological polar surface area (TPSA) is 73.8 Å². The van der Waals surface area contributed by atoms with Gasteiger partial charge < -0.3 is 5.73 Å². The summed E-state index contributed by atoms with van der Waals surface area (Å²) in [6.07, 6.45) is 3.04. The van der Waals surface area contributed by atoms with Crippen LogP contribution in [0.2, 0.25) is 5.02 Å². The van der Waals surface area contributed by atoms with E-state index in [1.165, 1.54) is 12.7 Å². The normalized spacial score (nSPS) is 10.2. The summed E-state index contributed by atoms with van der Waals surface area (Å²) < 4.78 is 1.66. The standard InChI is InChI=1S/C9H7ClN4O/c10-8-2-1-6(3-7(8)9(11)15)14-4-12-13-5-14/h1-5H,(H2,11,15). The maximum absolute atomic E-state index is 11.0. The molecule has 2 N–H and O–H groups in total. The number of amides is 1. The Hall–Kier alpha value is -1.88. The Balaban J connectivity index is 2.52. The molecule has 0 atom stereocenters. The van der Waals surface area contributed by atoms with E-state index in [4.69, 9.17) is 17.3 Å². The molecule has 0 bridgehead atoms. The van der Waals surface area contributed by atoms with Crippen molar-refractivity contribution in [1.82, 2.24) is 14.8 Å². The highest BCUT2D eigenvalue weighted by Crippen LogP contribution is 2.19. The number of rotatable bonds is 2. The number of carbonyl (C=O) groups is 1. The predicted octanol–water partition coefficient (Wildman–Crippen LogP) is 1.02. The average molecular weight is 223 g/mol. The first-order chi connectivity index (χ1) is 7.18. The third-order valence-electron chi connectivity index (χ3n) is 1.93. The monoisotopic (exact) mass is 222 g/mol. The van der Waals surface area contributed by atoms with Gasteiger partial charge >= 0.3 is 0 Å². The molecule has 0 fully saturated rings. The van der Waals surface area contributed by atoms with Gasteiger partial charge in [-0.2, -0.15) is 0 Å². The van der Waals surface area contributed by atoms with E-state index in [0.29, 0.717) is 5.02 Å². The van der Waals surface area contributed by atoms with Crippen LogP contribution >= 0.6 is 11.6 Å². The first-order valence-corrected chi connectivity index (χ1v) is 4.50. The number of nitrogens with two attached hydrogens (primary N) is 1. The molecule has 0 saturated heterocycles. The van der Waals surface area contributed by atoms with Crippen LogP contribution < -0.4 is 5.73 Å². The van der Waals surface area contributed by atoms with Gasteiger partial charge in [0.1, 0.15) is 12.7 Å². The molecule has 0 unspecified atom stereocenters. The number of halogens is 1. The highest BCUT2D eigenvalue weighted by molar-refractivity contribution is 6.33. The van der Waals surface area contributed by atoms with E-state index in [2.05, 4.69) is 10.2 Å². The summed E-state index contributed by atoms with van der Waals surface area (Å²) >= 11 is 5.81. The zero-order valence-corrected chi connectivity index (χ0v) is 8.35. The summed E-state index contributed by atoms with van der Waals surface area (Å²) in [5.41, 5.74) is 6.19. The van der Waals surface area contributed by atoms with Crippen molar-refractivity contribution < 1.29 is 4.79 Å². The van der Waals surface area contributed by atoms with Crippen LogP contribution in [0.3, 0.4) is 0 Å². The van der Waals surface area contributed by atoms with Gasteiger partial charge in [-0.05, 0) is 18.2 Å². The fourth-order valence-electron chi connectivity index (χ4n) is 1.20. The Morgan fingerprint density at radius 2 is 2.00 bits per heavy atom. The van der Waals surface area contributed by atoms with Crippen molar-refractivity contribution in [2.75, 3.05) is 0 Å². The average Bonchev–Trinajstić information content (AvgIpc) is 2.71. The summed E-state index contributed by atoms with van der Waals surface area (Å²) in [7, 11) is 0. The lowest BCUT2D eigenvalue weighted by Crippen LogP contribution is -2.12. The highest BCUT2D eigenvalue weighted by atomic mass is 35.5. The number of hydrogen-bond donors (Lipinski definition) is 1. The van der Waals surface area contributed by atoms with Crippen LogP contribution in [-0.2, 0) is 0 Å². The second-order valence-corrected chi connectivity index (χ2v) is 3.30. The minimum Gasteiger partial charge on any atom is -0.366 e. The molecule has 0 aliphatic carbocycles. The van der Waals surface area contributed by atoms with Gasteiger partial charge in [-0.25, -0.2) is 0 Å². The first-order valence-electron chi connectivity index (χ1n) is 4.13. The Morgan fingerprint density at radius 3 is 2.60 bits per heavy atom. The molecule has 2 aromatic rings. The van der Waals surface area contributed by atoms with E-state index in [0.717, 1.165) is 5.69 Å². The molecule has 2 rings (SSSR count). The van der Waals surface area contributed by atoms with E-state index < -0.39 is 5.91 Å². The van der Waals surface area contributed by atoms with Crippen molar-refractivity contribution in [1.29, 1.82) is 0 Å². The van der Waals surface area contributed by atoms with Gasteiger partial charge in [-0.3, -0.25) is 9.36 Å². The summed E-state index contributed by atoms with van der Waals surface area (Å²) in [5.74, 6) is -0.560. The minimum atomic E-state index is -0.560. The number of aromatic nitrogens is 3. The number of nitrogens with zero attached hydrogens (tertiary/aromatic N) is 3. The zero-order valence-electron chi connectivity index (χ0n) is 7.59. The second-order valence-electron chi connectivity index (χ2n) is 2.90. The van der Waals surface area contributed by atoms with Crippen LogP contribution in [0.5, 0.6) is 0 Å². The molecule has 15 heavy (non-hydrogen) atoms. The summed E-state index contributed by atoms with van der Waals surface area (Å²) in [5, 5.41) is 7.65. The van der Waals surface area contributed by atoms with Crippen molar-refractivity contribution in [3.8, 4) is 5.69 Å². The molecular weight excluding hydrogens is 216 g/mol. The van der Waals surface area contributed by atoms with E-state index >= 15 is 0 Å². The number of carbonyl (C=O) groups excluding carboxylic acids is 1. The van der Waals surface area contributed by atoms with E-state index in [1.54, 1.807) is 22.8 Å². The van der Waals surface area contributed by atoms with E-state index in [-0.39, 0.29) is 5.56 Å². The SMILES string of the molecule is NC(=O)c1cc(-n2cnnc2)ccc1Cl. The van der Waals surface area contributed by atoms with Crippen LogP contribution in [0, 0.1) is 0 Å². The second kappa shape index (κ2) is 3.70. The van der Waals surface area contributed by atoms with E-state index in [9.17, 15) is 4.79 Å². The van der Waals surface area contributed by atoms with Gasteiger partial charge in [-0.15, -0.1) is 10.2 Å². The molecule has 0 spiro atoms. The zero-order chi connectivity index (χ0) is 10.8. The van der Waals surface area contributed by atoms with Gasteiger partial charge in [-0.1, -0.05) is 11.6 Å². The largest absolute Gasteiger partial charge is 0.366 e. The quantitative estimate of drug-likeness (QED) is 0.825. The summed E-state index contributed by atoms with van der Waals surface area (Å²) in [4.78, 5) is 11.0. The van der Waals surface area contributed by atoms with Gasteiger partial charge in [0.25, 0.3) is 0 Å². The van der Waals surface area contributed by atoms with Crippen LogP contribution in [-0.4, -0.2) is 20.7 Å². The third kappa shape index (κ3) is 1.82. The molecule has 76 valence electrons. The third-order valence-corrected chi connectivity index (χ3v) is 2.26. The molecule has 1 aromatic heterocycles. The van der Waals surface area contributed by atoms with Crippen LogP contribution in [0.15, 0.2) is 30.9 Å². The van der Waals surface area contributed by atoms with Crippen molar-refractivity contribution in [3.05, 3.63) is 41.4 Å². The molecule has 1 aromatic carbocycles. The lowest BCUT2D eigenvalue weighted by Gasteiger charge is -2.04. The van der Waals surface area contributed by atoms with Gasteiger partial charge in [0.2, 0.25) is 5.91 Å². The number of primary amides is 1. The lowest BCUT2D eigenvalue weighted by atomic mass is 10.2.